The Morgan fingerprint density at radius 1 is 1.67 bits per heavy atom. The van der Waals surface area contributed by atoms with Gasteiger partial charge in [-0.05, 0) is 38.6 Å². The molecule has 1 aliphatic heterocycles. The Kier molecular flexibility index (Phi) is 2.97. The fraction of sp³-hybridized carbons (Fsp3) is 0.455. The van der Waals surface area contributed by atoms with Crippen LogP contribution in [0.15, 0.2) is 24.5 Å². The van der Waals surface area contributed by atoms with Crippen molar-refractivity contribution in [1.82, 2.24) is 9.88 Å². The highest BCUT2D eigenvalue weighted by atomic mass is 16.2. The van der Waals surface area contributed by atoms with Crippen LogP contribution in [0, 0.1) is 0 Å². The number of hydrogen-bond acceptors (Lipinski definition) is 3. The fourth-order valence-electron chi connectivity index (χ4n) is 1.90. The average molecular weight is 205 g/mol. The summed E-state index contributed by atoms with van der Waals surface area (Å²) in [6.07, 6.45) is 5.40. The summed E-state index contributed by atoms with van der Waals surface area (Å²) in [5.41, 5.74) is 0.766. The Morgan fingerprint density at radius 2 is 2.53 bits per heavy atom. The molecule has 1 aliphatic rings. The number of likely N-dealkylation sites (tertiary alicyclic amines) is 1. The zero-order valence-electron chi connectivity index (χ0n) is 8.81. The molecular formula is C11H15N3O. The third-order valence-electron chi connectivity index (χ3n) is 2.75. The lowest BCUT2D eigenvalue weighted by atomic mass is 10.2. The van der Waals surface area contributed by atoms with Crippen LogP contribution in [0.3, 0.4) is 0 Å². The Balaban J connectivity index is 1.98. The number of hydrogen-bond donors (Lipinski definition) is 1. The molecule has 1 N–H and O–H groups in total. The molecule has 1 aromatic heterocycles. The van der Waals surface area contributed by atoms with Crippen LogP contribution >= 0.6 is 0 Å². The fourth-order valence-corrected chi connectivity index (χ4v) is 1.90. The van der Waals surface area contributed by atoms with Crippen molar-refractivity contribution in [3.8, 4) is 0 Å². The molecule has 0 bridgehead atoms. The van der Waals surface area contributed by atoms with Crippen LogP contribution in [0.2, 0.25) is 0 Å². The van der Waals surface area contributed by atoms with Gasteiger partial charge in [0.2, 0.25) is 5.91 Å². The number of carbonyl (C=O) groups is 1. The van der Waals surface area contributed by atoms with Crippen LogP contribution in [-0.2, 0) is 4.79 Å². The SMILES string of the molecule is CN1CCC[C@@H]1C(=O)Nc1cccnc1. The molecule has 4 heteroatoms. The number of aromatic nitrogens is 1. The zero-order valence-corrected chi connectivity index (χ0v) is 8.81. The lowest BCUT2D eigenvalue weighted by Gasteiger charge is -2.18. The molecule has 0 radical (unpaired) electrons. The van der Waals surface area contributed by atoms with Gasteiger partial charge in [-0.3, -0.25) is 14.7 Å². The van der Waals surface area contributed by atoms with Gasteiger partial charge in [0.05, 0.1) is 17.9 Å². The molecule has 1 aromatic rings. The quantitative estimate of drug-likeness (QED) is 0.786. The number of rotatable bonds is 2. The van der Waals surface area contributed by atoms with Gasteiger partial charge >= 0.3 is 0 Å². The summed E-state index contributed by atoms with van der Waals surface area (Å²) in [6, 6.07) is 3.68. The first-order valence-corrected chi connectivity index (χ1v) is 5.18. The van der Waals surface area contributed by atoms with E-state index in [4.69, 9.17) is 0 Å². The number of nitrogens with one attached hydrogen (secondary N) is 1. The third kappa shape index (κ3) is 2.33. The molecule has 0 unspecified atom stereocenters. The van der Waals surface area contributed by atoms with E-state index in [1.807, 2.05) is 19.2 Å². The Bertz CT molecular complexity index is 339. The Hall–Kier alpha value is -1.42. The van der Waals surface area contributed by atoms with Gasteiger partial charge in [0.25, 0.3) is 0 Å². The molecule has 1 atom stereocenters. The lowest BCUT2D eigenvalue weighted by Crippen LogP contribution is -2.37. The summed E-state index contributed by atoms with van der Waals surface area (Å²) in [7, 11) is 1.99. The Labute approximate surface area is 89.3 Å². The van der Waals surface area contributed by atoms with E-state index in [0.717, 1.165) is 25.1 Å². The first kappa shape index (κ1) is 10.1. The summed E-state index contributed by atoms with van der Waals surface area (Å²) >= 11 is 0. The minimum atomic E-state index is 0.0187. The van der Waals surface area contributed by atoms with Gasteiger partial charge in [0, 0.05) is 6.20 Å². The molecule has 15 heavy (non-hydrogen) atoms. The van der Waals surface area contributed by atoms with Crippen LogP contribution in [0.1, 0.15) is 12.8 Å². The standard InChI is InChI=1S/C11H15N3O/c1-14-7-3-5-10(14)11(15)13-9-4-2-6-12-8-9/h2,4,6,8,10H,3,5,7H2,1H3,(H,13,15)/t10-/m1/s1. The molecule has 0 spiro atoms. The van der Waals surface area contributed by atoms with Crippen molar-refractivity contribution >= 4 is 11.6 Å². The van der Waals surface area contributed by atoms with E-state index in [2.05, 4.69) is 15.2 Å². The maximum atomic E-state index is 11.8. The predicted octanol–water partition coefficient (Wildman–Crippen LogP) is 1.11. The number of carbonyl (C=O) groups excluding carboxylic acids is 1. The van der Waals surface area contributed by atoms with Gasteiger partial charge in [-0.1, -0.05) is 0 Å². The van der Waals surface area contributed by atoms with E-state index < -0.39 is 0 Å². The average Bonchev–Trinajstić information content (AvgIpc) is 2.66. The molecule has 4 nitrogen and oxygen atoms in total. The molecule has 0 saturated carbocycles. The van der Waals surface area contributed by atoms with Crippen LogP contribution < -0.4 is 5.32 Å². The normalized spacial score (nSPS) is 21.5. The van der Waals surface area contributed by atoms with Crippen molar-refractivity contribution in [1.29, 1.82) is 0 Å². The summed E-state index contributed by atoms with van der Waals surface area (Å²) < 4.78 is 0. The van der Waals surface area contributed by atoms with E-state index in [9.17, 15) is 4.79 Å². The molecule has 80 valence electrons. The van der Waals surface area contributed by atoms with E-state index in [1.165, 1.54) is 0 Å². The van der Waals surface area contributed by atoms with E-state index in [0.29, 0.717) is 0 Å². The van der Waals surface area contributed by atoms with Crippen molar-refractivity contribution < 1.29 is 4.79 Å². The number of amides is 1. The van der Waals surface area contributed by atoms with E-state index in [-0.39, 0.29) is 11.9 Å². The van der Waals surface area contributed by atoms with Crippen LogP contribution in [0.4, 0.5) is 5.69 Å². The molecule has 0 aliphatic carbocycles. The van der Waals surface area contributed by atoms with E-state index >= 15 is 0 Å². The highest BCUT2D eigenvalue weighted by Gasteiger charge is 2.27. The van der Waals surface area contributed by atoms with Gasteiger partial charge in [-0.2, -0.15) is 0 Å². The van der Waals surface area contributed by atoms with Crippen LogP contribution in [0.5, 0.6) is 0 Å². The topological polar surface area (TPSA) is 45.2 Å². The molecule has 1 amide bonds. The molecule has 0 aromatic carbocycles. The van der Waals surface area contributed by atoms with Crippen molar-refractivity contribution in [3.05, 3.63) is 24.5 Å². The van der Waals surface area contributed by atoms with Crippen LogP contribution in [-0.4, -0.2) is 35.4 Å². The summed E-state index contributed by atoms with van der Waals surface area (Å²) in [4.78, 5) is 17.9. The summed E-state index contributed by atoms with van der Waals surface area (Å²) in [6.45, 7) is 1.01. The minimum absolute atomic E-state index is 0.0187. The summed E-state index contributed by atoms with van der Waals surface area (Å²) in [5.74, 6) is 0.0722. The minimum Gasteiger partial charge on any atom is -0.323 e. The number of anilines is 1. The van der Waals surface area contributed by atoms with Gasteiger partial charge in [0.1, 0.15) is 0 Å². The highest BCUT2D eigenvalue weighted by molar-refractivity contribution is 5.94. The van der Waals surface area contributed by atoms with Crippen molar-refractivity contribution in [2.24, 2.45) is 0 Å². The van der Waals surface area contributed by atoms with E-state index in [1.54, 1.807) is 12.4 Å². The van der Waals surface area contributed by atoms with Gasteiger partial charge < -0.3 is 5.32 Å². The van der Waals surface area contributed by atoms with Crippen molar-refractivity contribution in [2.45, 2.75) is 18.9 Å². The smallest absolute Gasteiger partial charge is 0.241 e. The molecule has 2 heterocycles. The Morgan fingerprint density at radius 3 is 3.13 bits per heavy atom. The molecule has 2 rings (SSSR count). The maximum absolute atomic E-state index is 11.8. The second-order valence-electron chi connectivity index (χ2n) is 3.87. The van der Waals surface area contributed by atoms with Crippen molar-refractivity contribution in [2.75, 3.05) is 18.9 Å². The molecular weight excluding hydrogens is 190 g/mol. The number of likely N-dealkylation sites (N-methyl/N-ethyl adjacent to an activating group) is 1. The first-order chi connectivity index (χ1) is 7.27. The summed E-state index contributed by atoms with van der Waals surface area (Å²) in [5, 5.41) is 2.87. The second-order valence-corrected chi connectivity index (χ2v) is 3.87. The predicted molar refractivity (Wildman–Crippen MR) is 58.5 cm³/mol. The monoisotopic (exact) mass is 205 g/mol. The zero-order chi connectivity index (χ0) is 10.7. The van der Waals surface area contributed by atoms with Gasteiger partial charge in [0.15, 0.2) is 0 Å². The van der Waals surface area contributed by atoms with Gasteiger partial charge in [-0.25, -0.2) is 0 Å². The van der Waals surface area contributed by atoms with Crippen LogP contribution in [0.25, 0.3) is 0 Å². The second kappa shape index (κ2) is 4.40. The lowest BCUT2D eigenvalue weighted by molar-refractivity contribution is -0.119. The highest BCUT2D eigenvalue weighted by Crippen LogP contribution is 2.16. The molecule has 1 saturated heterocycles. The molecule has 1 fully saturated rings. The maximum Gasteiger partial charge on any atom is 0.241 e. The third-order valence-corrected chi connectivity index (χ3v) is 2.75. The van der Waals surface area contributed by atoms with Gasteiger partial charge in [-0.15, -0.1) is 0 Å². The first-order valence-electron chi connectivity index (χ1n) is 5.18. The largest absolute Gasteiger partial charge is 0.323 e. The van der Waals surface area contributed by atoms with Crippen molar-refractivity contribution in [3.63, 3.8) is 0 Å². The number of nitrogens with zero attached hydrogens (tertiary/aromatic N) is 2. The number of pyridine rings is 1.